The van der Waals surface area contributed by atoms with Crippen molar-refractivity contribution in [2.45, 2.75) is 116 Å². The van der Waals surface area contributed by atoms with E-state index in [2.05, 4.69) is 86.6 Å². The molecule has 2 atom stereocenters. The first kappa shape index (κ1) is 30.8. The van der Waals surface area contributed by atoms with E-state index >= 15 is 0 Å². The Bertz CT molecular complexity index is 1850. The Labute approximate surface area is 267 Å². The molecule has 0 bridgehead atoms. The van der Waals surface area contributed by atoms with Crippen molar-refractivity contribution in [3.05, 3.63) is 74.8 Å². The number of hydrogen-bond donors (Lipinski definition) is 2. The van der Waals surface area contributed by atoms with Gasteiger partial charge in [-0.15, -0.1) is 0 Å². The first-order chi connectivity index (χ1) is 20.9. The van der Waals surface area contributed by atoms with Crippen molar-refractivity contribution in [1.29, 1.82) is 10.5 Å². The summed E-state index contributed by atoms with van der Waals surface area (Å²) >= 11 is 0. The number of nitriles is 2. The minimum atomic E-state index is -0.290. The molecular formula is C39H44N2O4. The molecule has 1 heterocycles. The summed E-state index contributed by atoms with van der Waals surface area (Å²) in [6.45, 7) is 20.1. The molecule has 0 fully saturated rings. The highest BCUT2D eigenvalue weighted by Crippen LogP contribution is 2.64. The van der Waals surface area contributed by atoms with Crippen LogP contribution in [0.15, 0.2) is 30.3 Å². The van der Waals surface area contributed by atoms with Crippen molar-refractivity contribution in [3.8, 4) is 40.9 Å². The zero-order chi connectivity index (χ0) is 32.9. The quantitative estimate of drug-likeness (QED) is 0.281. The summed E-state index contributed by atoms with van der Waals surface area (Å²) in [6, 6.07) is 14.5. The summed E-state index contributed by atoms with van der Waals surface area (Å²) in [4.78, 5) is 0. The van der Waals surface area contributed by atoms with E-state index < -0.39 is 0 Å². The second kappa shape index (κ2) is 9.67. The van der Waals surface area contributed by atoms with Gasteiger partial charge in [-0.1, -0.05) is 68.4 Å². The van der Waals surface area contributed by atoms with Gasteiger partial charge in [0.2, 0.25) is 0 Å². The second-order valence-electron chi connectivity index (χ2n) is 16.1. The molecule has 0 saturated carbocycles. The van der Waals surface area contributed by atoms with Gasteiger partial charge in [-0.25, -0.2) is 0 Å². The molecule has 2 unspecified atom stereocenters. The molecule has 6 rings (SSSR count). The third kappa shape index (κ3) is 4.33. The van der Waals surface area contributed by atoms with Crippen LogP contribution in [0.4, 0.5) is 0 Å². The average Bonchev–Trinajstić information content (AvgIpc) is 3.06. The van der Waals surface area contributed by atoms with E-state index in [9.17, 15) is 20.7 Å². The minimum absolute atomic E-state index is 0.0668. The molecule has 3 aromatic carbocycles. The highest BCUT2D eigenvalue weighted by Gasteiger charge is 2.58. The molecule has 234 valence electrons. The van der Waals surface area contributed by atoms with E-state index in [4.69, 9.17) is 9.47 Å². The number of aromatic hydroxyl groups is 2. The number of benzene rings is 3. The van der Waals surface area contributed by atoms with Gasteiger partial charge in [0.25, 0.3) is 0 Å². The lowest BCUT2D eigenvalue weighted by molar-refractivity contribution is 0.204. The topological polar surface area (TPSA) is 107 Å². The predicted molar refractivity (Wildman–Crippen MR) is 174 cm³/mol. The van der Waals surface area contributed by atoms with Gasteiger partial charge in [-0.2, -0.15) is 10.5 Å². The molecule has 0 amide bonds. The summed E-state index contributed by atoms with van der Waals surface area (Å²) in [5.74, 6) is 1.21. The van der Waals surface area contributed by atoms with Crippen LogP contribution in [0.3, 0.4) is 0 Å². The van der Waals surface area contributed by atoms with Crippen LogP contribution >= 0.6 is 0 Å². The number of ether oxygens (including phenoxy) is 2. The molecule has 2 aliphatic carbocycles. The molecule has 6 nitrogen and oxygen atoms in total. The number of nitrogens with zero attached hydrogens (tertiary/aromatic N) is 2. The van der Waals surface area contributed by atoms with Gasteiger partial charge in [0, 0.05) is 16.4 Å². The van der Waals surface area contributed by atoms with Crippen LogP contribution in [0.5, 0.6) is 28.7 Å². The molecule has 0 radical (unpaired) electrons. The van der Waals surface area contributed by atoms with E-state index in [0.29, 0.717) is 28.4 Å². The van der Waals surface area contributed by atoms with Crippen molar-refractivity contribution < 1.29 is 19.7 Å². The number of hydrogen-bond acceptors (Lipinski definition) is 6. The molecule has 6 heteroatoms. The molecule has 45 heavy (non-hydrogen) atoms. The third-order valence-electron chi connectivity index (χ3n) is 11.5. The molecule has 3 aromatic rings. The Morgan fingerprint density at radius 3 is 2.11 bits per heavy atom. The normalized spacial score (nSPS) is 23.4. The molecule has 3 aliphatic rings. The van der Waals surface area contributed by atoms with Crippen molar-refractivity contribution in [2.75, 3.05) is 0 Å². The third-order valence-corrected chi connectivity index (χ3v) is 11.5. The fourth-order valence-electron chi connectivity index (χ4n) is 9.32. The van der Waals surface area contributed by atoms with Crippen molar-refractivity contribution in [2.24, 2.45) is 5.41 Å². The smallest absolute Gasteiger partial charge is 0.188 e. The fraction of sp³-hybridized carbons (Fsp3) is 0.487. The number of rotatable bonds is 5. The van der Waals surface area contributed by atoms with Gasteiger partial charge in [-0.3, -0.25) is 0 Å². The van der Waals surface area contributed by atoms with Crippen LogP contribution < -0.4 is 9.47 Å². The van der Waals surface area contributed by atoms with Gasteiger partial charge in [0.1, 0.15) is 35.6 Å². The predicted octanol–water partition coefficient (Wildman–Crippen LogP) is 9.08. The fourth-order valence-corrected chi connectivity index (χ4v) is 9.32. The van der Waals surface area contributed by atoms with E-state index in [1.807, 2.05) is 6.07 Å². The molecular weight excluding hydrogens is 560 g/mol. The van der Waals surface area contributed by atoms with Gasteiger partial charge in [-0.05, 0) is 94.0 Å². The second-order valence-corrected chi connectivity index (χ2v) is 16.1. The maximum absolute atomic E-state index is 10.4. The largest absolute Gasteiger partial charge is 0.504 e. The molecule has 1 aliphatic heterocycles. The number of fused-ring (bicyclic) bond motifs is 4. The van der Waals surface area contributed by atoms with Crippen LogP contribution in [0.2, 0.25) is 0 Å². The van der Waals surface area contributed by atoms with Crippen LogP contribution in [-0.2, 0) is 34.7 Å². The van der Waals surface area contributed by atoms with E-state index in [1.165, 1.54) is 0 Å². The lowest BCUT2D eigenvalue weighted by Gasteiger charge is -2.56. The van der Waals surface area contributed by atoms with Gasteiger partial charge >= 0.3 is 0 Å². The lowest BCUT2D eigenvalue weighted by atomic mass is 9.46. The Morgan fingerprint density at radius 1 is 0.867 bits per heavy atom. The van der Waals surface area contributed by atoms with Crippen LogP contribution in [0, 0.1) is 28.1 Å². The lowest BCUT2D eigenvalue weighted by Crippen LogP contribution is -2.54. The summed E-state index contributed by atoms with van der Waals surface area (Å²) in [6.07, 6.45) is 3.47. The highest BCUT2D eigenvalue weighted by molar-refractivity contribution is 5.76. The summed E-state index contributed by atoms with van der Waals surface area (Å²) in [7, 11) is 0. The Balaban J connectivity index is 1.31. The molecule has 0 saturated heterocycles. The summed E-state index contributed by atoms with van der Waals surface area (Å²) in [5, 5.41) is 41.3. The van der Waals surface area contributed by atoms with Gasteiger partial charge in [0.05, 0.1) is 0 Å². The Hall–Kier alpha value is -4.16. The standard InChI is InChI=1S/C39H44N2O4/c1-10-39(9)32-25(18-41)33-34(24(17-40)31(32)37(39,6)7)45-30-12-11-22(13-23(30)19-44-33)16-35(2,3)20-38(8)21-36(4,5)26-14-28(42)29(43)15-27(26)38/h11-15,42-43H,10,16,19-21H2,1-9H3. The number of phenolic OH excluding ortho intramolecular Hbond substituents is 2. The van der Waals surface area contributed by atoms with Gasteiger partial charge in [0.15, 0.2) is 23.0 Å². The zero-order valence-corrected chi connectivity index (χ0v) is 28.0. The molecule has 0 spiro atoms. The molecule has 0 aromatic heterocycles. The Kier molecular flexibility index (Phi) is 6.63. The maximum Gasteiger partial charge on any atom is 0.188 e. The first-order valence-corrected chi connectivity index (χ1v) is 16.0. The van der Waals surface area contributed by atoms with Gasteiger partial charge < -0.3 is 19.7 Å². The van der Waals surface area contributed by atoms with Crippen molar-refractivity contribution in [1.82, 2.24) is 0 Å². The Morgan fingerprint density at radius 2 is 1.49 bits per heavy atom. The van der Waals surface area contributed by atoms with E-state index in [0.717, 1.165) is 59.1 Å². The zero-order valence-electron chi connectivity index (χ0n) is 28.0. The highest BCUT2D eigenvalue weighted by atomic mass is 16.5. The number of phenols is 2. The van der Waals surface area contributed by atoms with Crippen LogP contribution in [0.1, 0.15) is 126 Å². The summed E-state index contributed by atoms with van der Waals surface area (Å²) < 4.78 is 12.8. The minimum Gasteiger partial charge on any atom is -0.504 e. The van der Waals surface area contributed by atoms with E-state index in [-0.39, 0.29) is 45.2 Å². The maximum atomic E-state index is 10.4. The van der Waals surface area contributed by atoms with Crippen LogP contribution in [0.25, 0.3) is 0 Å². The average molecular weight is 605 g/mol. The van der Waals surface area contributed by atoms with Crippen LogP contribution in [-0.4, -0.2) is 10.2 Å². The first-order valence-electron chi connectivity index (χ1n) is 16.0. The van der Waals surface area contributed by atoms with Crippen molar-refractivity contribution >= 4 is 0 Å². The SMILES string of the molecule is CCC1(C)c2c(C#N)c3c(c(C#N)c2C1(C)C)Oc1ccc(CC(C)(C)CC2(C)CC(C)(C)c4cc(O)c(O)cc42)cc1CO3. The van der Waals surface area contributed by atoms with E-state index in [1.54, 1.807) is 12.1 Å². The summed E-state index contributed by atoms with van der Waals surface area (Å²) in [5.41, 5.74) is 6.06. The molecule has 2 N–H and O–H groups in total. The van der Waals surface area contributed by atoms with Crippen molar-refractivity contribution in [3.63, 3.8) is 0 Å². The monoisotopic (exact) mass is 604 g/mol.